The van der Waals surface area contributed by atoms with Crippen LogP contribution < -0.4 is 9.47 Å². The molecule has 0 aliphatic heterocycles. The molecule has 0 amide bonds. The Kier molecular flexibility index (Phi) is 10.1. The first kappa shape index (κ1) is 36.0. The van der Waals surface area contributed by atoms with Crippen molar-refractivity contribution in [2.75, 3.05) is 27.3 Å². The number of aliphatic hydroxyl groups is 1. The van der Waals surface area contributed by atoms with Crippen molar-refractivity contribution >= 4 is 47.4 Å². The number of aromatic nitrogens is 2. The fourth-order valence-corrected chi connectivity index (χ4v) is 9.17. The maximum Gasteiger partial charge on any atom is 0.265 e. The lowest BCUT2D eigenvalue weighted by atomic mass is 9.58. The van der Waals surface area contributed by atoms with Crippen molar-refractivity contribution in [1.82, 2.24) is 15.0 Å². The number of Topliss-reactive ketones (excluding diaryl/α,β-unsaturated/α-hetero) is 2. The highest BCUT2D eigenvalue weighted by atomic mass is 79.9. The first-order valence-electron chi connectivity index (χ1n) is 16.6. The quantitative estimate of drug-likeness (QED) is 0.136. The Morgan fingerprint density at radius 3 is 2.34 bits per heavy atom. The van der Waals surface area contributed by atoms with Crippen LogP contribution in [0.4, 0.5) is 0 Å². The number of nitrogens with zero attached hydrogens (tertiary/aromatic N) is 3. The molecule has 13 heteroatoms. The summed E-state index contributed by atoms with van der Waals surface area (Å²) in [4.78, 5) is 36.3. The number of allylic oxidation sites excluding steroid dienone is 1. The van der Waals surface area contributed by atoms with Crippen molar-refractivity contribution in [2.45, 2.75) is 103 Å². The van der Waals surface area contributed by atoms with Gasteiger partial charge in [0.05, 0.1) is 24.8 Å². The average molecular weight is 753 g/mol. The highest BCUT2D eigenvalue weighted by Crippen LogP contribution is 2.60. The number of rotatable bonds is 11. The van der Waals surface area contributed by atoms with Crippen molar-refractivity contribution in [1.29, 1.82) is 0 Å². The molecule has 0 bridgehead atoms. The molecule has 0 spiro atoms. The highest BCUT2D eigenvalue weighted by molar-refractivity contribution is 9.10. The van der Waals surface area contributed by atoms with E-state index in [4.69, 9.17) is 30.0 Å². The number of ether oxygens (including phenoxy) is 2. The summed E-state index contributed by atoms with van der Waals surface area (Å²) in [6, 6.07) is -0.518. The van der Waals surface area contributed by atoms with Gasteiger partial charge in [0.2, 0.25) is 5.78 Å². The number of hydrogen-bond acceptors (Lipinski definition) is 10. The molecule has 4 atom stereocenters. The number of carbonyl (C=O) groups is 2. The van der Waals surface area contributed by atoms with E-state index < -0.39 is 43.4 Å². The molecular weight excluding hydrogens is 706 g/mol. The molecule has 3 aliphatic rings. The Morgan fingerprint density at radius 2 is 1.74 bits per heavy atom. The van der Waals surface area contributed by atoms with Gasteiger partial charge >= 0.3 is 0 Å². The SMILES string of the molecule is CCCCOc1noc2c1C(=O)[C@@]1(O[Si](C)(C)C(C)(C)C)C(O)=C3C(=O)c4c(c(Cl)nc(Br)c4OCCCC)C[C@H]3C[C@H]1[C@@H]2N(C)C. The molecule has 2 aromatic heterocycles. The van der Waals surface area contributed by atoms with Crippen LogP contribution in [0, 0.1) is 11.8 Å². The van der Waals surface area contributed by atoms with Crippen LogP contribution in [-0.4, -0.2) is 72.9 Å². The molecule has 10 nitrogen and oxygen atoms in total. The van der Waals surface area contributed by atoms with E-state index in [1.807, 2.05) is 39.0 Å². The third-order valence-electron chi connectivity index (χ3n) is 10.3. The number of halogens is 2. The minimum absolute atomic E-state index is 0.0793. The van der Waals surface area contributed by atoms with Gasteiger partial charge in [-0.05, 0) is 84.9 Å². The summed E-state index contributed by atoms with van der Waals surface area (Å²) in [5, 5.41) is 16.8. The molecular formula is C34H47BrClN3O7Si. The standard InChI is InChI=1S/C34H47BrClN3O7Si/c1-10-12-14-43-27-22-19(31(36)37-30(27)35)16-18-17-20-24(39(6)7)26-23(32(38-45-26)44-15-13-11-2)29(42)34(20,28(41)21(18)25(22)40)46-47(8,9)33(3,4)5/h18,20,24,41H,10-17H2,1-9H3/t18-,20-,24-,34-/m0/s1. The van der Waals surface area contributed by atoms with E-state index in [1.54, 1.807) is 0 Å². The maximum absolute atomic E-state index is 15.2. The van der Waals surface area contributed by atoms with E-state index >= 15 is 4.79 Å². The number of pyridine rings is 1. The van der Waals surface area contributed by atoms with Gasteiger partial charge in [-0.3, -0.25) is 14.5 Å². The summed E-state index contributed by atoms with van der Waals surface area (Å²) in [5.74, 6) is -1.62. The molecule has 2 heterocycles. The lowest BCUT2D eigenvalue weighted by Gasteiger charge is -2.55. The van der Waals surface area contributed by atoms with Crippen LogP contribution in [0.5, 0.6) is 11.6 Å². The molecule has 2 aromatic rings. The molecule has 258 valence electrons. The first-order chi connectivity index (χ1) is 22.0. The Balaban J connectivity index is 1.78. The van der Waals surface area contributed by atoms with Gasteiger partial charge in [0.25, 0.3) is 5.88 Å². The van der Waals surface area contributed by atoms with Crippen LogP contribution in [0.1, 0.15) is 105 Å². The van der Waals surface area contributed by atoms with E-state index in [0.29, 0.717) is 42.0 Å². The number of aliphatic hydroxyl groups excluding tert-OH is 1. The maximum atomic E-state index is 15.2. The second-order valence-corrected chi connectivity index (χ2v) is 20.5. The van der Waals surface area contributed by atoms with Crippen molar-refractivity contribution in [3.8, 4) is 11.6 Å². The van der Waals surface area contributed by atoms with Crippen LogP contribution in [-0.2, 0) is 10.8 Å². The molecule has 3 aliphatic carbocycles. The summed E-state index contributed by atoms with van der Waals surface area (Å²) in [7, 11) is 0.992. The molecule has 0 fully saturated rings. The second-order valence-electron chi connectivity index (χ2n) is 14.7. The zero-order valence-electron chi connectivity index (χ0n) is 28.9. The molecule has 5 rings (SSSR count). The Labute approximate surface area is 291 Å². The van der Waals surface area contributed by atoms with Crippen LogP contribution in [0.15, 0.2) is 20.5 Å². The number of unbranched alkanes of at least 4 members (excludes halogenated alkanes) is 2. The number of ketones is 2. The third kappa shape index (κ3) is 5.89. The number of carbonyl (C=O) groups excluding carboxylic acids is 2. The van der Waals surface area contributed by atoms with E-state index in [9.17, 15) is 9.90 Å². The summed E-state index contributed by atoms with van der Waals surface area (Å²) in [6.07, 6.45) is 4.03. The topological polar surface area (TPSA) is 124 Å². The molecule has 0 aromatic carbocycles. The van der Waals surface area contributed by atoms with E-state index in [-0.39, 0.29) is 44.3 Å². The first-order valence-corrected chi connectivity index (χ1v) is 20.6. The molecule has 0 saturated heterocycles. The predicted octanol–water partition coefficient (Wildman–Crippen LogP) is 8.29. The lowest BCUT2D eigenvalue weighted by Crippen LogP contribution is -2.65. The minimum Gasteiger partial charge on any atom is -0.508 e. The third-order valence-corrected chi connectivity index (χ3v) is 15.6. The Hall–Kier alpha value is -2.25. The van der Waals surface area contributed by atoms with Gasteiger partial charge < -0.3 is 23.5 Å². The lowest BCUT2D eigenvalue weighted by molar-refractivity contribution is -0.0480. The number of fused-ring (bicyclic) bond motifs is 4. The molecule has 0 saturated carbocycles. The fraction of sp³-hybridized carbons (Fsp3) is 0.647. The van der Waals surface area contributed by atoms with Crippen LogP contribution in [0.2, 0.25) is 23.3 Å². The normalized spacial score (nSPS) is 24.2. The van der Waals surface area contributed by atoms with Gasteiger partial charge in [0, 0.05) is 17.1 Å². The molecule has 0 radical (unpaired) electrons. The van der Waals surface area contributed by atoms with E-state index in [2.05, 4.69) is 53.8 Å². The van der Waals surface area contributed by atoms with Gasteiger partial charge in [0.1, 0.15) is 16.5 Å². The van der Waals surface area contributed by atoms with Crippen LogP contribution >= 0.6 is 27.5 Å². The monoisotopic (exact) mass is 751 g/mol. The van der Waals surface area contributed by atoms with Gasteiger partial charge in [-0.2, -0.15) is 0 Å². The van der Waals surface area contributed by atoms with Crippen LogP contribution in [0.3, 0.4) is 0 Å². The van der Waals surface area contributed by atoms with Gasteiger partial charge in [0.15, 0.2) is 35.8 Å². The summed E-state index contributed by atoms with van der Waals surface area (Å²) >= 11 is 10.1. The van der Waals surface area contributed by atoms with E-state index in [0.717, 1.165) is 25.7 Å². The smallest absolute Gasteiger partial charge is 0.265 e. The van der Waals surface area contributed by atoms with Crippen molar-refractivity contribution < 1.29 is 33.1 Å². The highest BCUT2D eigenvalue weighted by Gasteiger charge is 2.67. The minimum atomic E-state index is -2.81. The van der Waals surface area contributed by atoms with Crippen molar-refractivity contribution in [3.63, 3.8) is 0 Å². The predicted molar refractivity (Wildman–Crippen MR) is 185 cm³/mol. The largest absolute Gasteiger partial charge is 0.508 e. The Morgan fingerprint density at radius 1 is 1.11 bits per heavy atom. The van der Waals surface area contributed by atoms with Gasteiger partial charge in [-0.25, -0.2) is 4.98 Å². The zero-order valence-corrected chi connectivity index (χ0v) is 32.2. The van der Waals surface area contributed by atoms with Crippen molar-refractivity contribution in [2.24, 2.45) is 11.8 Å². The molecule has 47 heavy (non-hydrogen) atoms. The van der Waals surface area contributed by atoms with E-state index in [1.165, 1.54) is 0 Å². The summed E-state index contributed by atoms with van der Waals surface area (Å²) < 4.78 is 25.5. The summed E-state index contributed by atoms with van der Waals surface area (Å²) in [5.41, 5.74) is -0.742. The zero-order chi connectivity index (χ0) is 34.6. The number of hydrogen-bond donors (Lipinski definition) is 1. The summed E-state index contributed by atoms with van der Waals surface area (Å²) in [6.45, 7) is 15.2. The second kappa shape index (κ2) is 13.2. The average Bonchev–Trinajstić information content (AvgIpc) is 3.39. The Bertz CT molecular complexity index is 1600. The van der Waals surface area contributed by atoms with Gasteiger partial charge in [-0.1, -0.05) is 59.1 Å². The van der Waals surface area contributed by atoms with Crippen LogP contribution in [0.25, 0.3) is 0 Å². The molecule has 0 unspecified atom stereocenters. The fourth-order valence-electron chi connectivity index (χ4n) is 6.87. The van der Waals surface area contributed by atoms with Crippen molar-refractivity contribution in [3.05, 3.63) is 43.5 Å². The molecule has 1 N–H and O–H groups in total. The van der Waals surface area contributed by atoms with Gasteiger partial charge in [-0.15, -0.1) is 0 Å².